The molecule has 5 nitrogen and oxygen atoms in total. The lowest BCUT2D eigenvalue weighted by Crippen LogP contribution is -2.50. The zero-order chi connectivity index (χ0) is 21.5. The third-order valence-electron chi connectivity index (χ3n) is 5.86. The van der Waals surface area contributed by atoms with E-state index < -0.39 is 0 Å². The molecule has 160 valence electrons. The predicted octanol–water partition coefficient (Wildman–Crippen LogP) is 4.36. The Morgan fingerprint density at radius 2 is 1.77 bits per heavy atom. The molecule has 1 aliphatic rings. The van der Waals surface area contributed by atoms with Crippen LogP contribution in [0.25, 0.3) is 0 Å². The molecule has 5 heteroatoms. The fourth-order valence-electron chi connectivity index (χ4n) is 4.14. The van der Waals surface area contributed by atoms with Crippen LogP contribution in [0, 0.1) is 12.8 Å². The van der Waals surface area contributed by atoms with Gasteiger partial charge in [-0.2, -0.15) is 0 Å². The minimum Gasteiger partial charge on any atom is -0.352 e. The van der Waals surface area contributed by atoms with Crippen LogP contribution in [0.15, 0.2) is 48.5 Å². The van der Waals surface area contributed by atoms with Gasteiger partial charge in [0.15, 0.2) is 0 Å². The Balaban J connectivity index is 1.68. The van der Waals surface area contributed by atoms with Gasteiger partial charge in [-0.15, -0.1) is 0 Å². The number of piperidine rings is 1. The number of hydrogen-bond acceptors (Lipinski definition) is 2. The number of nitrogens with zero attached hydrogens (tertiary/aromatic N) is 1. The molecule has 2 aromatic carbocycles. The van der Waals surface area contributed by atoms with Crippen LogP contribution in [-0.4, -0.2) is 29.9 Å². The normalized spacial score (nSPS) is 18.7. The van der Waals surface area contributed by atoms with Gasteiger partial charge in [-0.3, -0.25) is 4.79 Å². The summed E-state index contributed by atoms with van der Waals surface area (Å²) in [6, 6.07) is 16.6. The maximum absolute atomic E-state index is 12.8. The van der Waals surface area contributed by atoms with Gasteiger partial charge in [0.25, 0.3) is 0 Å². The fourth-order valence-corrected chi connectivity index (χ4v) is 4.14. The van der Waals surface area contributed by atoms with E-state index in [2.05, 4.69) is 47.9 Å². The largest absolute Gasteiger partial charge is 0.352 e. The molecule has 0 saturated carbocycles. The fraction of sp³-hybridized carbons (Fsp3) is 0.440. The van der Waals surface area contributed by atoms with E-state index >= 15 is 0 Å². The molecule has 2 N–H and O–H groups in total. The summed E-state index contributed by atoms with van der Waals surface area (Å²) in [6.07, 6.45) is 2.55. The number of aryl methyl sites for hydroxylation is 2. The Bertz CT molecular complexity index is 863. The van der Waals surface area contributed by atoms with Crippen LogP contribution in [0.1, 0.15) is 55.0 Å². The molecule has 0 aliphatic carbocycles. The van der Waals surface area contributed by atoms with Gasteiger partial charge < -0.3 is 15.5 Å². The summed E-state index contributed by atoms with van der Waals surface area (Å²) in [7, 11) is 0. The van der Waals surface area contributed by atoms with Gasteiger partial charge in [0.05, 0.1) is 12.0 Å². The smallest absolute Gasteiger partial charge is 0.317 e. The van der Waals surface area contributed by atoms with E-state index in [1.54, 1.807) is 0 Å². The molecule has 2 aromatic rings. The molecule has 2 atom stereocenters. The van der Waals surface area contributed by atoms with Crippen molar-refractivity contribution in [2.45, 2.75) is 52.6 Å². The van der Waals surface area contributed by atoms with Gasteiger partial charge in [-0.1, -0.05) is 61.0 Å². The first-order valence-corrected chi connectivity index (χ1v) is 11.0. The van der Waals surface area contributed by atoms with Crippen LogP contribution in [-0.2, 0) is 17.8 Å². The molecule has 3 amide bonds. The number of likely N-dealkylation sites (tertiary alicyclic amines) is 1. The maximum Gasteiger partial charge on any atom is 0.317 e. The van der Waals surface area contributed by atoms with Crippen LogP contribution >= 0.6 is 0 Å². The van der Waals surface area contributed by atoms with E-state index in [9.17, 15) is 9.59 Å². The summed E-state index contributed by atoms with van der Waals surface area (Å²) in [4.78, 5) is 27.5. The maximum atomic E-state index is 12.8. The lowest BCUT2D eigenvalue weighted by Gasteiger charge is -2.39. The number of benzene rings is 2. The minimum absolute atomic E-state index is 0.00304. The van der Waals surface area contributed by atoms with Crippen molar-refractivity contribution in [1.29, 1.82) is 0 Å². The Kier molecular flexibility index (Phi) is 7.50. The van der Waals surface area contributed by atoms with Crippen molar-refractivity contribution in [2.24, 2.45) is 5.92 Å². The van der Waals surface area contributed by atoms with Crippen molar-refractivity contribution in [3.8, 4) is 0 Å². The van der Waals surface area contributed by atoms with E-state index in [-0.39, 0.29) is 23.9 Å². The van der Waals surface area contributed by atoms with Crippen LogP contribution in [0.4, 0.5) is 4.79 Å². The second-order valence-corrected chi connectivity index (χ2v) is 8.08. The third-order valence-corrected chi connectivity index (χ3v) is 5.86. The third kappa shape index (κ3) is 5.41. The summed E-state index contributed by atoms with van der Waals surface area (Å²) >= 11 is 0. The Morgan fingerprint density at radius 1 is 1.00 bits per heavy atom. The average Bonchev–Trinajstić information content (AvgIpc) is 2.77. The number of hydrogen-bond donors (Lipinski definition) is 2. The Morgan fingerprint density at radius 3 is 2.43 bits per heavy atom. The Labute approximate surface area is 179 Å². The average molecular weight is 408 g/mol. The molecule has 0 radical (unpaired) electrons. The first-order chi connectivity index (χ1) is 14.5. The van der Waals surface area contributed by atoms with Gasteiger partial charge in [0, 0.05) is 19.6 Å². The van der Waals surface area contributed by atoms with E-state index in [4.69, 9.17) is 0 Å². The van der Waals surface area contributed by atoms with Crippen LogP contribution in [0.3, 0.4) is 0 Å². The molecule has 1 fully saturated rings. The van der Waals surface area contributed by atoms with Crippen molar-refractivity contribution in [3.05, 3.63) is 70.8 Å². The predicted molar refractivity (Wildman–Crippen MR) is 120 cm³/mol. The monoisotopic (exact) mass is 407 g/mol. The van der Waals surface area contributed by atoms with Crippen molar-refractivity contribution in [3.63, 3.8) is 0 Å². The highest BCUT2D eigenvalue weighted by Crippen LogP contribution is 2.34. The number of carbonyl (C=O) groups excluding carboxylic acids is 2. The van der Waals surface area contributed by atoms with Gasteiger partial charge >= 0.3 is 6.03 Å². The second-order valence-electron chi connectivity index (χ2n) is 8.08. The number of nitrogens with one attached hydrogen (secondary N) is 2. The highest BCUT2D eigenvalue weighted by Gasteiger charge is 2.35. The minimum atomic E-state index is -0.191. The lowest BCUT2D eigenvalue weighted by atomic mass is 9.88. The van der Waals surface area contributed by atoms with Crippen molar-refractivity contribution in [2.75, 3.05) is 13.1 Å². The summed E-state index contributed by atoms with van der Waals surface area (Å²) in [5, 5.41) is 5.98. The number of amides is 3. The molecule has 0 aromatic heterocycles. The van der Waals surface area contributed by atoms with Gasteiger partial charge in [-0.05, 0) is 49.8 Å². The van der Waals surface area contributed by atoms with Crippen molar-refractivity contribution < 1.29 is 9.59 Å². The van der Waals surface area contributed by atoms with E-state index in [0.29, 0.717) is 19.6 Å². The zero-order valence-electron chi connectivity index (χ0n) is 18.3. The van der Waals surface area contributed by atoms with E-state index in [0.717, 1.165) is 30.4 Å². The van der Waals surface area contributed by atoms with Crippen molar-refractivity contribution in [1.82, 2.24) is 15.5 Å². The summed E-state index contributed by atoms with van der Waals surface area (Å²) in [6.45, 7) is 7.62. The highest BCUT2D eigenvalue weighted by atomic mass is 16.2. The first-order valence-electron chi connectivity index (χ1n) is 11.0. The molecule has 3 rings (SSSR count). The first kappa shape index (κ1) is 21.9. The van der Waals surface area contributed by atoms with E-state index in [1.807, 2.05) is 36.9 Å². The lowest BCUT2D eigenvalue weighted by molar-refractivity contribution is -0.126. The number of rotatable bonds is 6. The molecule has 1 heterocycles. The summed E-state index contributed by atoms with van der Waals surface area (Å²) in [5.41, 5.74) is 4.69. The SMILES string of the molecule is CCNC(=O)N1CC(C(=O)NCc2cccc(C)c2)CCC1c1ccc(CC)cc1. The van der Waals surface area contributed by atoms with Crippen LogP contribution in [0.5, 0.6) is 0 Å². The van der Waals surface area contributed by atoms with Gasteiger partial charge in [-0.25, -0.2) is 4.79 Å². The van der Waals surface area contributed by atoms with Gasteiger partial charge in [0.2, 0.25) is 5.91 Å². The quantitative estimate of drug-likeness (QED) is 0.748. The van der Waals surface area contributed by atoms with Crippen LogP contribution < -0.4 is 10.6 Å². The number of carbonyl (C=O) groups is 2. The summed E-state index contributed by atoms with van der Waals surface area (Å²) in [5.74, 6) is -0.172. The highest BCUT2D eigenvalue weighted by molar-refractivity contribution is 5.81. The van der Waals surface area contributed by atoms with Crippen LogP contribution in [0.2, 0.25) is 0 Å². The Hall–Kier alpha value is -2.82. The molecular weight excluding hydrogens is 374 g/mol. The van der Waals surface area contributed by atoms with E-state index in [1.165, 1.54) is 11.1 Å². The molecular formula is C25H33N3O2. The second kappa shape index (κ2) is 10.3. The summed E-state index contributed by atoms with van der Waals surface area (Å²) < 4.78 is 0. The van der Waals surface area contributed by atoms with Gasteiger partial charge in [0.1, 0.15) is 0 Å². The molecule has 0 bridgehead atoms. The standard InChI is InChI=1S/C25H33N3O2/c1-4-19-9-11-21(12-10-19)23-14-13-22(17-28(23)25(30)26-5-2)24(29)27-16-20-8-6-7-18(3)15-20/h6-12,15,22-23H,4-5,13-14,16-17H2,1-3H3,(H,26,30)(H,27,29). The molecule has 1 saturated heterocycles. The molecule has 2 unspecified atom stereocenters. The molecule has 1 aliphatic heterocycles. The topological polar surface area (TPSA) is 61.4 Å². The number of urea groups is 1. The molecule has 0 spiro atoms. The molecule has 30 heavy (non-hydrogen) atoms. The van der Waals surface area contributed by atoms with Crippen molar-refractivity contribution >= 4 is 11.9 Å². The zero-order valence-corrected chi connectivity index (χ0v) is 18.3.